The van der Waals surface area contributed by atoms with Crippen molar-refractivity contribution in [1.82, 2.24) is 0 Å². The highest BCUT2D eigenvalue weighted by molar-refractivity contribution is 6.32. The summed E-state index contributed by atoms with van der Waals surface area (Å²) in [6.07, 6.45) is 0.689. The van der Waals surface area contributed by atoms with Crippen LogP contribution in [-0.4, -0.2) is 25.4 Å². The van der Waals surface area contributed by atoms with Gasteiger partial charge >= 0.3 is 0 Å². The molecule has 2 aromatic carbocycles. The summed E-state index contributed by atoms with van der Waals surface area (Å²) in [5.41, 5.74) is 1.09. The molecule has 0 aliphatic rings. The van der Waals surface area contributed by atoms with Gasteiger partial charge in [0.1, 0.15) is 17.8 Å². The molecule has 0 heterocycles. The molecule has 0 aromatic heterocycles. The minimum atomic E-state index is -0.315. The van der Waals surface area contributed by atoms with E-state index in [0.29, 0.717) is 29.9 Å². The van der Waals surface area contributed by atoms with Gasteiger partial charge in [-0.1, -0.05) is 11.6 Å². The lowest BCUT2D eigenvalue weighted by Gasteiger charge is -2.09. The molecule has 0 saturated carbocycles. The fourth-order valence-corrected chi connectivity index (χ4v) is 2.09. The molecule has 120 valence electrons. The SMILES string of the molecule is CCOc1ccc(NC(=O)COc2ccc(C=O)cc2Cl)cc1. The van der Waals surface area contributed by atoms with Crippen LogP contribution in [0, 0.1) is 0 Å². The quantitative estimate of drug-likeness (QED) is 0.787. The van der Waals surface area contributed by atoms with Crippen molar-refractivity contribution in [3.05, 3.63) is 53.1 Å². The molecule has 5 nitrogen and oxygen atoms in total. The second kappa shape index (κ2) is 8.19. The molecule has 6 heteroatoms. The van der Waals surface area contributed by atoms with Crippen molar-refractivity contribution in [2.24, 2.45) is 0 Å². The van der Waals surface area contributed by atoms with Crippen LogP contribution in [0.3, 0.4) is 0 Å². The minimum absolute atomic E-state index is 0.187. The number of carbonyl (C=O) groups excluding carboxylic acids is 2. The van der Waals surface area contributed by atoms with Crippen LogP contribution in [0.25, 0.3) is 0 Å². The number of rotatable bonds is 7. The molecule has 0 atom stereocenters. The van der Waals surface area contributed by atoms with Gasteiger partial charge in [0.15, 0.2) is 6.61 Å². The van der Waals surface area contributed by atoms with Crippen molar-refractivity contribution in [1.29, 1.82) is 0 Å². The lowest BCUT2D eigenvalue weighted by molar-refractivity contribution is -0.118. The third-order valence-electron chi connectivity index (χ3n) is 2.90. The summed E-state index contributed by atoms with van der Waals surface area (Å²) in [4.78, 5) is 22.5. The van der Waals surface area contributed by atoms with Gasteiger partial charge in [-0.2, -0.15) is 0 Å². The molecule has 0 aliphatic heterocycles. The number of hydrogen-bond acceptors (Lipinski definition) is 4. The maximum atomic E-state index is 11.9. The fraction of sp³-hybridized carbons (Fsp3) is 0.176. The van der Waals surface area contributed by atoms with E-state index in [-0.39, 0.29) is 17.5 Å². The third kappa shape index (κ3) is 5.00. The smallest absolute Gasteiger partial charge is 0.262 e. The molecule has 0 unspecified atom stereocenters. The normalized spacial score (nSPS) is 10.0. The first-order chi connectivity index (χ1) is 11.1. The van der Waals surface area contributed by atoms with E-state index >= 15 is 0 Å². The zero-order valence-corrected chi connectivity index (χ0v) is 13.3. The van der Waals surface area contributed by atoms with Gasteiger partial charge in [0.25, 0.3) is 5.91 Å². The molecule has 1 N–H and O–H groups in total. The van der Waals surface area contributed by atoms with Crippen LogP contribution in [0.4, 0.5) is 5.69 Å². The van der Waals surface area contributed by atoms with Gasteiger partial charge in [0.05, 0.1) is 11.6 Å². The summed E-state index contributed by atoms with van der Waals surface area (Å²) in [6, 6.07) is 11.6. The Kier molecular flexibility index (Phi) is 6.00. The van der Waals surface area contributed by atoms with E-state index in [4.69, 9.17) is 21.1 Å². The number of benzene rings is 2. The Morgan fingerprint density at radius 2 is 1.91 bits per heavy atom. The summed E-state index contributed by atoms with van der Waals surface area (Å²) in [5, 5.41) is 2.99. The van der Waals surface area contributed by atoms with E-state index < -0.39 is 0 Å². The topological polar surface area (TPSA) is 64.6 Å². The number of nitrogens with one attached hydrogen (secondary N) is 1. The molecule has 1 amide bonds. The standard InChI is InChI=1S/C17H16ClNO4/c1-2-22-14-6-4-13(5-7-14)19-17(21)11-23-16-8-3-12(10-20)9-15(16)18/h3-10H,2,11H2,1H3,(H,19,21). The van der Waals surface area contributed by atoms with Crippen LogP contribution in [-0.2, 0) is 4.79 Å². The Balaban J connectivity index is 1.88. The molecule has 0 fully saturated rings. The van der Waals surface area contributed by atoms with Crippen molar-refractivity contribution in [3.63, 3.8) is 0 Å². The van der Waals surface area contributed by atoms with E-state index in [2.05, 4.69) is 5.32 Å². The zero-order chi connectivity index (χ0) is 16.7. The van der Waals surface area contributed by atoms with Crippen molar-refractivity contribution < 1.29 is 19.1 Å². The summed E-state index contributed by atoms with van der Waals surface area (Å²) < 4.78 is 10.7. The second-order valence-electron chi connectivity index (χ2n) is 4.60. The lowest BCUT2D eigenvalue weighted by Crippen LogP contribution is -2.20. The van der Waals surface area contributed by atoms with Crippen molar-refractivity contribution >= 4 is 29.5 Å². The minimum Gasteiger partial charge on any atom is -0.494 e. The molecule has 0 spiro atoms. The molecule has 0 radical (unpaired) electrons. The van der Waals surface area contributed by atoms with Crippen LogP contribution in [0.2, 0.25) is 5.02 Å². The van der Waals surface area contributed by atoms with E-state index in [9.17, 15) is 9.59 Å². The molecule has 2 aromatic rings. The first-order valence-electron chi connectivity index (χ1n) is 7.02. The van der Waals surface area contributed by atoms with Gasteiger partial charge in [-0.25, -0.2) is 0 Å². The highest BCUT2D eigenvalue weighted by Gasteiger charge is 2.07. The van der Waals surface area contributed by atoms with E-state index in [1.165, 1.54) is 6.07 Å². The number of halogens is 1. The van der Waals surface area contributed by atoms with E-state index in [1.807, 2.05) is 6.92 Å². The average Bonchev–Trinajstić information content (AvgIpc) is 2.55. The van der Waals surface area contributed by atoms with Gasteiger partial charge in [-0.3, -0.25) is 9.59 Å². The Morgan fingerprint density at radius 3 is 2.52 bits per heavy atom. The fourth-order valence-electron chi connectivity index (χ4n) is 1.85. The molecular weight excluding hydrogens is 318 g/mol. The Bertz CT molecular complexity index is 685. The van der Waals surface area contributed by atoms with Crippen molar-refractivity contribution in [3.8, 4) is 11.5 Å². The number of anilines is 1. The number of ether oxygens (including phenoxy) is 2. The number of hydrogen-bond donors (Lipinski definition) is 1. The van der Waals surface area contributed by atoms with Gasteiger partial charge in [-0.15, -0.1) is 0 Å². The van der Waals surface area contributed by atoms with Crippen molar-refractivity contribution in [2.75, 3.05) is 18.5 Å². The predicted octanol–water partition coefficient (Wildman–Crippen LogP) is 3.57. The van der Waals surface area contributed by atoms with Gasteiger partial charge < -0.3 is 14.8 Å². The first-order valence-corrected chi connectivity index (χ1v) is 7.40. The highest BCUT2D eigenvalue weighted by Crippen LogP contribution is 2.25. The summed E-state index contributed by atoms with van der Waals surface area (Å²) >= 11 is 5.97. The van der Waals surface area contributed by atoms with Gasteiger partial charge in [0.2, 0.25) is 0 Å². The second-order valence-corrected chi connectivity index (χ2v) is 5.01. The van der Waals surface area contributed by atoms with Crippen LogP contribution >= 0.6 is 11.6 Å². The predicted molar refractivity (Wildman–Crippen MR) is 88.6 cm³/mol. The Hall–Kier alpha value is -2.53. The van der Waals surface area contributed by atoms with Gasteiger partial charge in [-0.05, 0) is 49.4 Å². The number of carbonyl (C=O) groups is 2. The zero-order valence-electron chi connectivity index (χ0n) is 12.5. The molecular formula is C17H16ClNO4. The lowest BCUT2D eigenvalue weighted by atomic mass is 10.2. The van der Waals surface area contributed by atoms with Gasteiger partial charge in [0, 0.05) is 11.3 Å². The molecule has 0 bridgehead atoms. The summed E-state index contributed by atoms with van der Waals surface area (Å²) in [6.45, 7) is 2.30. The van der Waals surface area contributed by atoms with Crippen molar-refractivity contribution in [2.45, 2.75) is 6.92 Å². The summed E-state index contributed by atoms with van der Waals surface area (Å²) in [5.74, 6) is 0.771. The highest BCUT2D eigenvalue weighted by atomic mass is 35.5. The van der Waals surface area contributed by atoms with E-state index in [1.54, 1.807) is 36.4 Å². The average molecular weight is 334 g/mol. The van der Waals surface area contributed by atoms with Crippen LogP contribution in [0.1, 0.15) is 17.3 Å². The van der Waals surface area contributed by atoms with Crippen LogP contribution < -0.4 is 14.8 Å². The third-order valence-corrected chi connectivity index (χ3v) is 3.20. The monoisotopic (exact) mass is 333 g/mol. The molecule has 2 rings (SSSR count). The first kappa shape index (κ1) is 16.8. The largest absolute Gasteiger partial charge is 0.494 e. The van der Waals surface area contributed by atoms with Crippen LogP contribution in [0.5, 0.6) is 11.5 Å². The number of amides is 1. The Labute approximate surface area is 139 Å². The number of aldehydes is 1. The summed E-state index contributed by atoms with van der Waals surface area (Å²) in [7, 11) is 0. The Morgan fingerprint density at radius 1 is 1.17 bits per heavy atom. The maximum Gasteiger partial charge on any atom is 0.262 e. The molecule has 0 saturated heterocycles. The van der Waals surface area contributed by atoms with E-state index in [0.717, 1.165) is 5.75 Å². The van der Waals surface area contributed by atoms with Crippen LogP contribution in [0.15, 0.2) is 42.5 Å². The maximum absolute atomic E-state index is 11.9. The molecule has 0 aliphatic carbocycles. The molecule has 23 heavy (non-hydrogen) atoms.